The number of nitrogens with one attached hydrogen (secondary N) is 2. The van der Waals surface area contributed by atoms with Gasteiger partial charge >= 0.3 is 6.03 Å². The third-order valence-corrected chi connectivity index (χ3v) is 3.60. The van der Waals surface area contributed by atoms with E-state index in [1.165, 1.54) is 11.3 Å². The molecule has 2 N–H and O–H groups in total. The van der Waals surface area contributed by atoms with E-state index in [0.717, 1.165) is 5.56 Å². The van der Waals surface area contributed by atoms with Crippen LogP contribution in [0.15, 0.2) is 29.8 Å². The van der Waals surface area contributed by atoms with Gasteiger partial charge in [-0.15, -0.1) is 11.3 Å². The number of amides is 2. The van der Waals surface area contributed by atoms with Gasteiger partial charge in [-0.2, -0.15) is 0 Å². The van der Waals surface area contributed by atoms with E-state index >= 15 is 0 Å². The molecule has 0 unspecified atom stereocenters. The Hall–Kier alpha value is -2.28. The van der Waals surface area contributed by atoms with Crippen LogP contribution in [0.2, 0.25) is 0 Å². The van der Waals surface area contributed by atoms with Crippen molar-refractivity contribution in [3.05, 3.63) is 35.3 Å². The molecule has 0 fully saturated rings. The van der Waals surface area contributed by atoms with Crippen LogP contribution in [0.1, 0.15) is 18.5 Å². The maximum absolute atomic E-state index is 11.9. The molecule has 7 heteroatoms. The normalized spacial score (nSPS) is 11.6. The predicted molar refractivity (Wildman–Crippen MR) is 82.2 cm³/mol. The molecule has 0 aliphatic heterocycles. The van der Waals surface area contributed by atoms with Crippen LogP contribution in [0, 0.1) is 0 Å². The maximum atomic E-state index is 11.9. The van der Waals surface area contributed by atoms with E-state index in [2.05, 4.69) is 15.6 Å². The number of rotatable bonds is 5. The lowest BCUT2D eigenvalue weighted by Gasteiger charge is -2.16. The predicted octanol–water partition coefficient (Wildman–Crippen LogP) is 3.04. The van der Waals surface area contributed by atoms with Crippen LogP contribution >= 0.6 is 11.3 Å². The third-order valence-electron chi connectivity index (χ3n) is 2.91. The maximum Gasteiger partial charge on any atom is 0.321 e. The summed E-state index contributed by atoms with van der Waals surface area (Å²) in [7, 11) is 3.16. The van der Waals surface area contributed by atoms with Crippen LogP contribution in [0.3, 0.4) is 0 Å². The summed E-state index contributed by atoms with van der Waals surface area (Å²) in [5.74, 6) is 1.28. The molecule has 6 nitrogen and oxygen atoms in total. The van der Waals surface area contributed by atoms with Gasteiger partial charge in [0.1, 0.15) is 0 Å². The molecule has 0 aliphatic carbocycles. The first kappa shape index (κ1) is 15.1. The lowest BCUT2D eigenvalue weighted by molar-refractivity contribution is 0.249. The fourth-order valence-corrected chi connectivity index (χ4v) is 2.34. The molecule has 2 amide bonds. The molecule has 0 spiro atoms. The van der Waals surface area contributed by atoms with Crippen LogP contribution in [-0.4, -0.2) is 25.2 Å². The lowest BCUT2D eigenvalue weighted by Crippen LogP contribution is -2.31. The quantitative estimate of drug-likeness (QED) is 0.890. The lowest BCUT2D eigenvalue weighted by atomic mass is 10.1. The van der Waals surface area contributed by atoms with Crippen molar-refractivity contribution in [2.45, 2.75) is 13.0 Å². The summed E-state index contributed by atoms with van der Waals surface area (Å²) in [6.45, 7) is 1.89. The molecule has 0 radical (unpaired) electrons. The van der Waals surface area contributed by atoms with Crippen molar-refractivity contribution in [2.24, 2.45) is 0 Å². The number of urea groups is 1. The number of methoxy groups -OCH3 is 2. The first-order valence-electron chi connectivity index (χ1n) is 6.33. The zero-order valence-electron chi connectivity index (χ0n) is 12.0. The Balaban J connectivity index is 2.02. The summed E-state index contributed by atoms with van der Waals surface area (Å²) in [6, 6.07) is 5.06. The van der Waals surface area contributed by atoms with Crippen LogP contribution in [-0.2, 0) is 0 Å². The highest BCUT2D eigenvalue weighted by Gasteiger charge is 2.13. The van der Waals surface area contributed by atoms with Crippen molar-refractivity contribution in [1.29, 1.82) is 0 Å². The molecule has 1 aromatic carbocycles. The Morgan fingerprint density at radius 2 is 2.05 bits per heavy atom. The van der Waals surface area contributed by atoms with Gasteiger partial charge in [-0.3, -0.25) is 5.32 Å². The molecule has 0 aliphatic rings. The fourth-order valence-electron chi connectivity index (χ4n) is 1.82. The highest BCUT2D eigenvalue weighted by Crippen LogP contribution is 2.29. The summed E-state index contributed by atoms with van der Waals surface area (Å²) in [5.41, 5.74) is 0.918. The molecule has 1 heterocycles. The number of carbonyl (C=O) groups excluding carboxylic acids is 1. The van der Waals surface area contributed by atoms with Gasteiger partial charge < -0.3 is 14.8 Å². The van der Waals surface area contributed by atoms with Crippen LogP contribution in [0.25, 0.3) is 0 Å². The molecule has 2 rings (SSSR count). The summed E-state index contributed by atoms with van der Waals surface area (Å²) < 4.78 is 10.4. The molecular weight excluding hydrogens is 290 g/mol. The van der Waals surface area contributed by atoms with Gasteiger partial charge in [-0.25, -0.2) is 9.78 Å². The summed E-state index contributed by atoms with van der Waals surface area (Å²) in [4.78, 5) is 15.9. The summed E-state index contributed by atoms with van der Waals surface area (Å²) in [5, 5.41) is 7.88. The first-order chi connectivity index (χ1) is 10.1. The topological polar surface area (TPSA) is 72.5 Å². The van der Waals surface area contributed by atoms with Crippen molar-refractivity contribution in [2.75, 3.05) is 19.5 Å². The first-order valence-corrected chi connectivity index (χ1v) is 7.21. The van der Waals surface area contributed by atoms with Gasteiger partial charge in [0.2, 0.25) is 0 Å². The molecule has 21 heavy (non-hydrogen) atoms. The standard InChI is InChI=1S/C14H17N3O3S/c1-9(16-13(18)17-14-15-6-7-21-14)10-4-5-11(19-2)12(8-10)20-3/h4-9H,1-3H3,(H2,15,16,17,18)/t9-/m0/s1. The van der Waals surface area contributed by atoms with E-state index < -0.39 is 0 Å². The summed E-state index contributed by atoms with van der Waals surface area (Å²) >= 11 is 1.37. The number of benzene rings is 1. The van der Waals surface area contributed by atoms with E-state index in [9.17, 15) is 4.79 Å². The monoisotopic (exact) mass is 307 g/mol. The Labute approximate surface area is 127 Å². The average molecular weight is 307 g/mol. The van der Waals surface area contributed by atoms with Crippen molar-refractivity contribution in [3.63, 3.8) is 0 Å². The number of hydrogen-bond donors (Lipinski definition) is 2. The highest BCUT2D eigenvalue weighted by atomic mass is 32.1. The minimum atomic E-state index is -0.299. The van der Waals surface area contributed by atoms with E-state index in [4.69, 9.17) is 9.47 Å². The van der Waals surface area contributed by atoms with Crippen molar-refractivity contribution >= 4 is 22.5 Å². The zero-order chi connectivity index (χ0) is 15.2. The number of ether oxygens (including phenoxy) is 2. The van der Waals surface area contributed by atoms with Gasteiger partial charge in [0.05, 0.1) is 20.3 Å². The van der Waals surface area contributed by atoms with E-state index in [1.807, 2.05) is 25.1 Å². The highest BCUT2D eigenvalue weighted by molar-refractivity contribution is 7.13. The third kappa shape index (κ3) is 3.85. The van der Waals surface area contributed by atoms with Gasteiger partial charge in [0.15, 0.2) is 16.6 Å². The van der Waals surface area contributed by atoms with Gasteiger partial charge in [0, 0.05) is 11.6 Å². The minimum Gasteiger partial charge on any atom is -0.493 e. The van der Waals surface area contributed by atoms with Crippen molar-refractivity contribution < 1.29 is 14.3 Å². The van der Waals surface area contributed by atoms with Crippen LogP contribution < -0.4 is 20.1 Å². The number of carbonyl (C=O) groups is 1. The molecule has 112 valence electrons. The van der Waals surface area contributed by atoms with Crippen LogP contribution in [0.5, 0.6) is 11.5 Å². The minimum absolute atomic E-state index is 0.176. The summed E-state index contributed by atoms with van der Waals surface area (Å²) in [6.07, 6.45) is 1.64. The van der Waals surface area contributed by atoms with E-state index in [-0.39, 0.29) is 12.1 Å². The second-order valence-corrected chi connectivity index (χ2v) is 5.17. The van der Waals surface area contributed by atoms with Gasteiger partial charge in [0.25, 0.3) is 0 Å². The zero-order valence-corrected chi connectivity index (χ0v) is 12.9. The molecule has 1 aromatic heterocycles. The number of thiazole rings is 1. The van der Waals surface area contributed by atoms with E-state index in [0.29, 0.717) is 16.6 Å². The Morgan fingerprint density at radius 3 is 2.67 bits per heavy atom. The van der Waals surface area contributed by atoms with Crippen molar-refractivity contribution in [1.82, 2.24) is 10.3 Å². The molecule has 0 bridgehead atoms. The second kappa shape index (κ2) is 6.94. The van der Waals surface area contributed by atoms with Crippen molar-refractivity contribution in [3.8, 4) is 11.5 Å². The van der Waals surface area contributed by atoms with Gasteiger partial charge in [-0.05, 0) is 24.6 Å². The SMILES string of the molecule is COc1ccc([C@H](C)NC(=O)Nc2nccs2)cc1OC. The van der Waals surface area contributed by atoms with E-state index in [1.54, 1.807) is 25.8 Å². The fraction of sp³-hybridized carbons (Fsp3) is 0.286. The number of nitrogens with zero attached hydrogens (tertiary/aromatic N) is 1. The second-order valence-electron chi connectivity index (χ2n) is 4.27. The number of aromatic nitrogens is 1. The smallest absolute Gasteiger partial charge is 0.321 e. The Bertz CT molecular complexity index is 602. The largest absolute Gasteiger partial charge is 0.493 e. The molecule has 0 saturated carbocycles. The van der Waals surface area contributed by atoms with Gasteiger partial charge in [-0.1, -0.05) is 6.07 Å². The number of hydrogen-bond acceptors (Lipinski definition) is 5. The molecule has 2 aromatic rings. The Kier molecular flexibility index (Phi) is 4.99. The average Bonchev–Trinajstić information content (AvgIpc) is 2.99. The van der Waals surface area contributed by atoms with Crippen LogP contribution in [0.4, 0.5) is 9.93 Å². The number of anilines is 1. The molecule has 1 atom stereocenters. The molecular formula is C14H17N3O3S. The Morgan fingerprint density at radius 1 is 1.29 bits per heavy atom. The molecule has 0 saturated heterocycles.